The van der Waals surface area contributed by atoms with Crippen LogP contribution in [0.25, 0.3) is 0 Å². The van der Waals surface area contributed by atoms with E-state index in [1.165, 1.54) is 12.1 Å². The van der Waals surface area contributed by atoms with Crippen LogP contribution >= 0.6 is 0 Å². The van der Waals surface area contributed by atoms with Gasteiger partial charge in [0.25, 0.3) is 0 Å². The van der Waals surface area contributed by atoms with Crippen LogP contribution in [0, 0.1) is 0 Å². The Morgan fingerprint density at radius 3 is 2.33 bits per heavy atom. The number of nitrogens with two attached hydrogens (primary N) is 1. The van der Waals surface area contributed by atoms with Gasteiger partial charge in [-0.25, -0.2) is 0 Å². The van der Waals surface area contributed by atoms with Crippen LogP contribution in [0.4, 0.5) is 18.9 Å². The quantitative estimate of drug-likeness (QED) is 0.344. The number of aliphatic hydroxyl groups is 1. The zero-order valence-electron chi connectivity index (χ0n) is 11.9. The minimum Gasteiger partial charge on any atom is -0.409 e. The molecule has 0 heterocycles. The average Bonchev–Trinajstić information content (AvgIpc) is 2.34. The van der Waals surface area contributed by atoms with Gasteiger partial charge in [-0.2, -0.15) is 13.2 Å². The summed E-state index contributed by atoms with van der Waals surface area (Å²) in [6.45, 7) is 3.37. The molecule has 8 heteroatoms. The molecule has 0 aliphatic heterocycles. The first-order valence-electron chi connectivity index (χ1n) is 6.08. The fourth-order valence-corrected chi connectivity index (χ4v) is 1.95. The normalized spacial score (nSPS) is 13.4. The molecule has 21 heavy (non-hydrogen) atoms. The highest BCUT2D eigenvalue weighted by Gasteiger charge is 2.34. The van der Waals surface area contributed by atoms with Gasteiger partial charge >= 0.3 is 6.18 Å². The number of amidine groups is 1. The van der Waals surface area contributed by atoms with Crippen molar-refractivity contribution in [2.75, 3.05) is 18.5 Å². The van der Waals surface area contributed by atoms with E-state index >= 15 is 0 Å². The lowest BCUT2D eigenvalue weighted by molar-refractivity contribution is -0.137. The van der Waals surface area contributed by atoms with E-state index in [1.807, 2.05) is 0 Å². The standard InChI is InChI=1S/C13H18F3N3O2/c1-12(2,20)7-19(3)8-4-5-10(13(14,15)16)9(6-8)11(17)18-21/h4-6,20-21H,7H2,1-3H3,(H2,17,18). The molecule has 0 saturated carbocycles. The smallest absolute Gasteiger partial charge is 0.409 e. The summed E-state index contributed by atoms with van der Waals surface area (Å²) in [5.74, 6) is -0.624. The van der Waals surface area contributed by atoms with E-state index in [1.54, 1.807) is 25.8 Å². The zero-order valence-corrected chi connectivity index (χ0v) is 11.9. The highest BCUT2D eigenvalue weighted by atomic mass is 19.4. The maximum atomic E-state index is 12.9. The van der Waals surface area contributed by atoms with Gasteiger partial charge in [-0.1, -0.05) is 5.16 Å². The fraction of sp³-hybridized carbons (Fsp3) is 0.462. The lowest BCUT2D eigenvalue weighted by Gasteiger charge is -2.28. The Morgan fingerprint density at radius 1 is 1.33 bits per heavy atom. The second-order valence-electron chi connectivity index (χ2n) is 5.38. The Labute approximate surface area is 120 Å². The third-order valence-corrected chi connectivity index (χ3v) is 2.76. The van der Waals surface area contributed by atoms with E-state index in [-0.39, 0.29) is 6.54 Å². The maximum Gasteiger partial charge on any atom is 0.417 e. The Hall–Kier alpha value is -1.96. The van der Waals surface area contributed by atoms with Crippen LogP contribution in [0.5, 0.6) is 0 Å². The van der Waals surface area contributed by atoms with Crippen molar-refractivity contribution < 1.29 is 23.5 Å². The molecule has 0 aliphatic rings. The van der Waals surface area contributed by atoms with Crippen molar-refractivity contribution in [1.82, 2.24) is 0 Å². The number of hydrogen-bond donors (Lipinski definition) is 3. The number of rotatable bonds is 4. The van der Waals surface area contributed by atoms with Crippen LogP contribution < -0.4 is 10.6 Å². The summed E-state index contributed by atoms with van der Waals surface area (Å²) in [7, 11) is 1.62. The first-order valence-corrected chi connectivity index (χ1v) is 6.08. The van der Waals surface area contributed by atoms with Crippen LogP contribution in [-0.2, 0) is 6.18 Å². The third kappa shape index (κ3) is 4.52. The first-order chi connectivity index (χ1) is 9.45. The second-order valence-corrected chi connectivity index (χ2v) is 5.38. The number of anilines is 1. The lowest BCUT2D eigenvalue weighted by atomic mass is 10.0. The van der Waals surface area contributed by atoms with Crippen LogP contribution in [0.2, 0.25) is 0 Å². The molecule has 0 saturated heterocycles. The highest BCUT2D eigenvalue weighted by molar-refractivity contribution is 5.99. The van der Waals surface area contributed by atoms with Crippen molar-refractivity contribution in [3.63, 3.8) is 0 Å². The maximum absolute atomic E-state index is 12.9. The molecule has 0 spiro atoms. The predicted molar refractivity (Wildman–Crippen MR) is 73.5 cm³/mol. The van der Waals surface area contributed by atoms with Crippen molar-refractivity contribution in [2.45, 2.75) is 25.6 Å². The molecule has 1 rings (SSSR count). The van der Waals surface area contributed by atoms with Crippen LogP contribution in [0.15, 0.2) is 23.4 Å². The Kier molecular flexibility index (Phi) is 4.72. The van der Waals surface area contributed by atoms with Gasteiger partial charge < -0.3 is 20.9 Å². The van der Waals surface area contributed by atoms with Crippen molar-refractivity contribution in [3.8, 4) is 0 Å². The molecule has 0 atom stereocenters. The van der Waals surface area contributed by atoms with Crippen molar-refractivity contribution in [2.24, 2.45) is 10.9 Å². The molecule has 4 N–H and O–H groups in total. The van der Waals surface area contributed by atoms with Gasteiger partial charge in [0, 0.05) is 24.8 Å². The summed E-state index contributed by atoms with van der Waals surface area (Å²) in [6, 6.07) is 3.30. The summed E-state index contributed by atoms with van der Waals surface area (Å²) in [4.78, 5) is 1.58. The number of likely N-dealkylation sites (N-methyl/N-ethyl adjacent to an activating group) is 1. The van der Waals surface area contributed by atoms with Gasteiger partial charge in [0.1, 0.15) is 0 Å². The predicted octanol–water partition coefficient (Wildman–Crippen LogP) is 2.01. The summed E-state index contributed by atoms with van der Waals surface area (Å²) in [6.07, 6.45) is -4.61. The van der Waals surface area contributed by atoms with E-state index in [0.29, 0.717) is 5.69 Å². The minimum atomic E-state index is -4.61. The largest absolute Gasteiger partial charge is 0.417 e. The lowest BCUT2D eigenvalue weighted by Crippen LogP contribution is -2.36. The summed E-state index contributed by atoms with van der Waals surface area (Å²) >= 11 is 0. The van der Waals surface area contributed by atoms with Gasteiger partial charge in [0.15, 0.2) is 5.84 Å². The van der Waals surface area contributed by atoms with Gasteiger partial charge in [0.2, 0.25) is 0 Å². The van der Waals surface area contributed by atoms with Crippen molar-refractivity contribution >= 4 is 11.5 Å². The molecular weight excluding hydrogens is 287 g/mol. The highest BCUT2D eigenvalue weighted by Crippen LogP contribution is 2.34. The molecule has 118 valence electrons. The Morgan fingerprint density at radius 2 is 1.90 bits per heavy atom. The van der Waals surface area contributed by atoms with Gasteiger partial charge in [0.05, 0.1) is 11.2 Å². The minimum absolute atomic E-state index is 0.202. The molecule has 1 aromatic rings. The molecule has 0 aliphatic carbocycles. The summed E-state index contributed by atoms with van der Waals surface area (Å²) < 4.78 is 38.7. The molecular formula is C13H18F3N3O2. The number of alkyl halides is 3. The van der Waals surface area contributed by atoms with Crippen molar-refractivity contribution in [1.29, 1.82) is 0 Å². The Balaban J connectivity index is 3.29. The number of benzene rings is 1. The fourth-order valence-electron chi connectivity index (χ4n) is 1.95. The van der Waals surface area contributed by atoms with Crippen molar-refractivity contribution in [3.05, 3.63) is 29.3 Å². The topological polar surface area (TPSA) is 82.1 Å². The van der Waals surface area contributed by atoms with E-state index < -0.39 is 28.7 Å². The SMILES string of the molecule is CN(CC(C)(C)O)c1ccc(C(F)(F)F)c(/C(N)=N/O)c1. The Bertz CT molecular complexity index is 536. The molecule has 0 aromatic heterocycles. The van der Waals surface area contributed by atoms with Gasteiger partial charge in [-0.05, 0) is 32.0 Å². The molecule has 0 fully saturated rings. The van der Waals surface area contributed by atoms with E-state index in [4.69, 9.17) is 10.9 Å². The first kappa shape index (κ1) is 17.1. The van der Waals surface area contributed by atoms with E-state index in [2.05, 4.69) is 5.16 Å². The second kappa shape index (κ2) is 5.80. The van der Waals surface area contributed by atoms with E-state index in [9.17, 15) is 18.3 Å². The molecule has 5 nitrogen and oxygen atoms in total. The summed E-state index contributed by atoms with van der Waals surface area (Å²) in [5, 5.41) is 21.0. The summed E-state index contributed by atoms with van der Waals surface area (Å²) in [5.41, 5.74) is 3.31. The molecule has 0 radical (unpaired) electrons. The molecule has 0 amide bonds. The van der Waals surface area contributed by atoms with Crippen LogP contribution in [0.1, 0.15) is 25.0 Å². The van der Waals surface area contributed by atoms with Gasteiger partial charge in [-0.3, -0.25) is 0 Å². The zero-order chi connectivity index (χ0) is 16.4. The number of hydrogen-bond acceptors (Lipinski definition) is 4. The average molecular weight is 305 g/mol. The number of nitrogens with zero attached hydrogens (tertiary/aromatic N) is 2. The number of oxime groups is 1. The van der Waals surface area contributed by atoms with Crippen LogP contribution in [-0.4, -0.2) is 35.3 Å². The van der Waals surface area contributed by atoms with E-state index in [0.717, 1.165) is 6.07 Å². The third-order valence-electron chi connectivity index (χ3n) is 2.76. The molecule has 0 unspecified atom stereocenters. The van der Waals surface area contributed by atoms with Gasteiger partial charge in [-0.15, -0.1) is 0 Å². The number of halogens is 3. The monoisotopic (exact) mass is 305 g/mol. The molecule has 1 aromatic carbocycles. The van der Waals surface area contributed by atoms with Crippen LogP contribution in [0.3, 0.4) is 0 Å². The molecule has 0 bridgehead atoms.